The van der Waals surface area contributed by atoms with Crippen LogP contribution in [0.3, 0.4) is 0 Å². The van der Waals surface area contributed by atoms with Crippen LogP contribution >= 0.6 is 0 Å². The number of carbonyl (C=O) groups excluding carboxylic acids is 4. The lowest BCUT2D eigenvalue weighted by Gasteiger charge is -2.24. The number of carboxylic acid groups (broad SMARTS) is 1. The highest BCUT2D eigenvalue weighted by Crippen LogP contribution is 2.06. The van der Waals surface area contributed by atoms with E-state index in [1.165, 1.54) is 6.92 Å². The number of hydrogen-bond acceptors (Lipinski definition) is 6. The van der Waals surface area contributed by atoms with Gasteiger partial charge in [-0.15, -0.1) is 0 Å². The summed E-state index contributed by atoms with van der Waals surface area (Å²) >= 11 is 0. The molecular formula is C15H27N5O6. The molecule has 0 saturated heterocycles. The zero-order valence-corrected chi connectivity index (χ0v) is 15.1. The highest BCUT2D eigenvalue weighted by Gasteiger charge is 2.29. The second-order valence-corrected chi connectivity index (χ2v) is 6.25. The van der Waals surface area contributed by atoms with Gasteiger partial charge in [0.2, 0.25) is 23.6 Å². The number of primary amides is 1. The standard InChI is InChI=1S/C15H27N5O6/c1-7(2)4-9(19-12(22)6-16)14(24)20-10(5-11(17)21)13(23)18-8(3)15(25)26/h7-10H,4-6,16H2,1-3H3,(H2,17,21)(H,18,23)(H,19,22)(H,20,24)(H,25,26). The van der Waals surface area contributed by atoms with Crippen molar-refractivity contribution in [3.8, 4) is 0 Å². The SMILES string of the molecule is CC(C)CC(NC(=O)CN)C(=O)NC(CC(N)=O)C(=O)NC(C)C(=O)O. The molecule has 0 bridgehead atoms. The first-order valence-electron chi connectivity index (χ1n) is 8.09. The van der Waals surface area contributed by atoms with Gasteiger partial charge >= 0.3 is 5.97 Å². The quantitative estimate of drug-likeness (QED) is 0.229. The third kappa shape index (κ3) is 8.97. The van der Waals surface area contributed by atoms with Crippen LogP contribution in [0.4, 0.5) is 0 Å². The largest absolute Gasteiger partial charge is 0.480 e. The summed E-state index contributed by atoms with van der Waals surface area (Å²) in [5, 5.41) is 15.8. The van der Waals surface area contributed by atoms with Crippen molar-refractivity contribution >= 4 is 29.6 Å². The first-order valence-corrected chi connectivity index (χ1v) is 8.09. The Kier molecular flexibility index (Phi) is 9.89. The van der Waals surface area contributed by atoms with Crippen LogP contribution < -0.4 is 27.4 Å². The van der Waals surface area contributed by atoms with Crippen molar-refractivity contribution in [2.24, 2.45) is 17.4 Å². The van der Waals surface area contributed by atoms with E-state index < -0.39 is 54.1 Å². The Morgan fingerprint density at radius 1 is 0.923 bits per heavy atom. The van der Waals surface area contributed by atoms with E-state index in [0.29, 0.717) is 0 Å². The minimum atomic E-state index is -1.37. The van der Waals surface area contributed by atoms with Gasteiger partial charge in [-0.2, -0.15) is 0 Å². The molecule has 4 amide bonds. The van der Waals surface area contributed by atoms with Gasteiger partial charge in [-0.25, -0.2) is 0 Å². The zero-order valence-electron chi connectivity index (χ0n) is 15.1. The average molecular weight is 373 g/mol. The fraction of sp³-hybridized carbons (Fsp3) is 0.667. The minimum absolute atomic E-state index is 0.0410. The van der Waals surface area contributed by atoms with E-state index in [0.717, 1.165) is 0 Å². The molecule has 0 fully saturated rings. The van der Waals surface area contributed by atoms with Crippen LogP contribution in [-0.4, -0.2) is 59.4 Å². The Morgan fingerprint density at radius 2 is 1.46 bits per heavy atom. The van der Waals surface area contributed by atoms with E-state index in [1.54, 1.807) is 0 Å². The van der Waals surface area contributed by atoms with Crippen LogP contribution in [-0.2, 0) is 24.0 Å². The molecule has 148 valence electrons. The van der Waals surface area contributed by atoms with Gasteiger partial charge in [0.25, 0.3) is 0 Å². The van der Waals surface area contributed by atoms with Gasteiger partial charge in [-0.1, -0.05) is 13.8 Å². The van der Waals surface area contributed by atoms with E-state index in [-0.39, 0.29) is 18.9 Å². The van der Waals surface area contributed by atoms with Crippen molar-refractivity contribution in [3.63, 3.8) is 0 Å². The molecule has 0 aromatic heterocycles. The average Bonchev–Trinajstić information content (AvgIpc) is 2.52. The molecule has 0 aliphatic carbocycles. The lowest BCUT2D eigenvalue weighted by molar-refractivity contribution is -0.142. The number of carboxylic acids is 1. The molecule has 0 aliphatic rings. The number of nitrogens with two attached hydrogens (primary N) is 2. The number of amides is 4. The molecule has 11 nitrogen and oxygen atoms in total. The smallest absolute Gasteiger partial charge is 0.325 e. The van der Waals surface area contributed by atoms with Crippen LogP contribution in [0.2, 0.25) is 0 Å². The molecule has 0 aromatic carbocycles. The van der Waals surface area contributed by atoms with Crippen LogP contribution in [0, 0.1) is 5.92 Å². The van der Waals surface area contributed by atoms with Gasteiger partial charge in [0, 0.05) is 0 Å². The lowest BCUT2D eigenvalue weighted by Crippen LogP contribution is -2.56. The monoisotopic (exact) mass is 373 g/mol. The fourth-order valence-electron chi connectivity index (χ4n) is 2.01. The number of rotatable bonds is 11. The Hall–Kier alpha value is -2.69. The highest BCUT2D eigenvalue weighted by atomic mass is 16.4. The topological polar surface area (TPSA) is 194 Å². The summed E-state index contributed by atoms with van der Waals surface area (Å²) in [7, 11) is 0. The summed E-state index contributed by atoms with van der Waals surface area (Å²) in [6.07, 6.45) is -0.253. The number of hydrogen-bond donors (Lipinski definition) is 6. The van der Waals surface area contributed by atoms with Crippen LogP contribution in [0.15, 0.2) is 0 Å². The summed E-state index contributed by atoms with van der Waals surface area (Å²) in [5.74, 6) is -4.24. The van der Waals surface area contributed by atoms with E-state index >= 15 is 0 Å². The summed E-state index contributed by atoms with van der Waals surface area (Å²) < 4.78 is 0. The predicted molar refractivity (Wildman–Crippen MR) is 91.4 cm³/mol. The Bertz CT molecular complexity index is 551. The molecule has 0 saturated carbocycles. The third-order valence-electron chi connectivity index (χ3n) is 3.31. The third-order valence-corrected chi connectivity index (χ3v) is 3.31. The molecule has 8 N–H and O–H groups in total. The first kappa shape index (κ1) is 23.3. The zero-order chi connectivity index (χ0) is 20.4. The number of aliphatic carboxylic acids is 1. The molecule has 3 atom stereocenters. The van der Waals surface area contributed by atoms with Crippen molar-refractivity contribution in [2.75, 3.05) is 6.54 Å². The van der Waals surface area contributed by atoms with Crippen molar-refractivity contribution in [1.29, 1.82) is 0 Å². The predicted octanol–water partition coefficient (Wildman–Crippen LogP) is -2.57. The number of nitrogens with one attached hydrogen (secondary N) is 3. The molecule has 26 heavy (non-hydrogen) atoms. The Morgan fingerprint density at radius 3 is 1.88 bits per heavy atom. The highest BCUT2D eigenvalue weighted by molar-refractivity contribution is 5.95. The second kappa shape index (κ2) is 11.0. The van der Waals surface area contributed by atoms with Crippen LogP contribution in [0.25, 0.3) is 0 Å². The maximum absolute atomic E-state index is 12.4. The molecule has 11 heteroatoms. The Labute approximate surface area is 151 Å². The second-order valence-electron chi connectivity index (χ2n) is 6.25. The van der Waals surface area contributed by atoms with Gasteiger partial charge < -0.3 is 32.5 Å². The molecule has 0 heterocycles. The first-order chi connectivity index (χ1) is 12.0. The van der Waals surface area contributed by atoms with Gasteiger partial charge in [-0.05, 0) is 19.3 Å². The fourth-order valence-corrected chi connectivity index (χ4v) is 2.01. The minimum Gasteiger partial charge on any atom is -0.480 e. The van der Waals surface area contributed by atoms with E-state index in [2.05, 4.69) is 16.0 Å². The molecular weight excluding hydrogens is 346 g/mol. The van der Waals surface area contributed by atoms with Crippen LogP contribution in [0.1, 0.15) is 33.6 Å². The maximum Gasteiger partial charge on any atom is 0.325 e. The van der Waals surface area contributed by atoms with Gasteiger partial charge in [-0.3, -0.25) is 24.0 Å². The summed E-state index contributed by atoms with van der Waals surface area (Å²) in [5.41, 5.74) is 10.3. The van der Waals surface area contributed by atoms with Gasteiger partial charge in [0.1, 0.15) is 18.1 Å². The van der Waals surface area contributed by atoms with Crippen molar-refractivity contribution in [1.82, 2.24) is 16.0 Å². The summed E-state index contributed by atoms with van der Waals surface area (Å²) in [6.45, 7) is 4.57. The van der Waals surface area contributed by atoms with Crippen molar-refractivity contribution < 1.29 is 29.1 Å². The molecule has 0 spiro atoms. The molecule has 3 unspecified atom stereocenters. The Balaban J connectivity index is 5.21. The van der Waals surface area contributed by atoms with Crippen LogP contribution in [0.5, 0.6) is 0 Å². The molecule has 0 radical (unpaired) electrons. The van der Waals surface area contributed by atoms with E-state index in [4.69, 9.17) is 16.6 Å². The van der Waals surface area contributed by atoms with Gasteiger partial charge in [0.05, 0.1) is 13.0 Å². The van der Waals surface area contributed by atoms with Gasteiger partial charge in [0.15, 0.2) is 0 Å². The molecule has 0 aromatic rings. The normalized spacial score (nSPS) is 14.0. The number of carbonyl (C=O) groups is 5. The summed E-state index contributed by atoms with van der Waals surface area (Å²) in [4.78, 5) is 58.1. The lowest BCUT2D eigenvalue weighted by atomic mass is 10.0. The van der Waals surface area contributed by atoms with Crippen molar-refractivity contribution in [3.05, 3.63) is 0 Å². The summed E-state index contributed by atoms with van der Waals surface area (Å²) in [6, 6.07) is -3.56. The molecule has 0 aliphatic heterocycles. The maximum atomic E-state index is 12.4. The molecule has 0 rings (SSSR count). The van der Waals surface area contributed by atoms with E-state index in [9.17, 15) is 24.0 Å². The van der Waals surface area contributed by atoms with E-state index in [1.807, 2.05) is 13.8 Å². The van der Waals surface area contributed by atoms with Crippen molar-refractivity contribution in [2.45, 2.75) is 51.7 Å².